The molecule has 0 spiro atoms. The number of hydrogen-bond acceptors (Lipinski definition) is 5. The van der Waals surface area contributed by atoms with Gasteiger partial charge in [0.1, 0.15) is 26.3 Å². The molecule has 17 heavy (non-hydrogen) atoms. The van der Waals surface area contributed by atoms with Crippen molar-refractivity contribution in [1.29, 1.82) is 0 Å². The summed E-state index contributed by atoms with van der Waals surface area (Å²) >= 11 is 0. The number of carbonyl (C=O) groups excluding carboxylic acids is 1. The van der Waals surface area contributed by atoms with Gasteiger partial charge in [-0.1, -0.05) is 18.2 Å². The summed E-state index contributed by atoms with van der Waals surface area (Å²) in [6, 6.07) is 8.35. The van der Waals surface area contributed by atoms with E-state index < -0.39 is 20.3 Å². The molecule has 5 nitrogen and oxygen atoms in total. The van der Waals surface area contributed by atoms with Crippen molar-refractivity contribution in [3.63, 3.8) is 0 Å². The zero-order valence-electron chi connectivity index (χ0n) is 9.07. The molecule has 0 saturated carbocycles. The van der Waals surface area contributed by atoms with Crippen LogP contribution in [0.4, 0.5) is 0 Å². The maximum absolute atomic E-state index is 12.0. The molecular weight excluding hydrogens is 243 g/mol. The number of aliphatic hydroxyl groups is 2. The summed E-state index contributed by atoms with van der Waals surface area (Å²) in [7, 11) is -2.13. The van der Waals surface area contributed by atoms with E-state index >= 15 is 0 Å². The molecule has 0 aliphatic heterocycles. The van der Waals surface area contributed by atoms with Crippen molar-refractivity contribution < 1.29 is 24.6 Å². The summed E-state index contributed by atoms with van der Waals surface area (Å²) in [6.07, 6.45) is 0. The van der Waals surface area contributed by atoms with Gasteiger partial charge < -0.3 is 19.8 Å². The van der Waals surface area contributed by atoms with Gasteiger partial charge in [-0.2, -0.15) is 0 Å². The van der Waals surface area contributed by atoms with Gasteiger partial charge >= 0.3 is 5.97 Å². The highest BCUT2D eigenvalue weighted by molar-refractivity contribution is 7.61. The van der Waals surface area contributed by atoms with Crippen molar-refractivity contribution in [3.05, 3.63) is 30.3 Å². The number of carbonyl (C=O) groups is 1. The lowest BCUT2D eigenvalue weighted by Crippen LogP contribution is -2.26. The van der Waals surface area contributed by atoms with Crippen LogP contribution in [0.2, 0.25) is 0 Å². The Kier molecular flexibility index (Phi) is 5.80. The molecule has 0 amide bonds. The molecule has 92 valence electrons. The quantitative estimate of drug-likeness (QED) is 0.508. The first-order chi connectivity index (χ1) is 8.20. The van der Waals surface area contributed by atoms with Crippen LogP contribution in [-0.4, -0.2) is 41.3 Å². The van der Waals surface area contributed by atoms with Crippen LogP contribution in [0.5, 0.6) is 0 Å². The lowest BCUT2D eigenvalue weighted by atomic mass is 10.4. The molecule has 0 radical (unpaired) electrons. The highest BCUT2D eigenvalue weighted by Crippen LogP contribution is 2.14. The molecule has 1 atom stereocenters. The van der Waals surface area contributed by atoms with E-state index in [1.165, 1.54) is 0 Å². The fraction of sp³-hybridized carbons (Fsp3) is 0.273. The number of ether oxygens (including phenoxy) is 1. The van der Waals surface area contributed by atoms with E-state index in [-0.39, 0.29) is 18.5 Å². The molecule has 1 aromatic rings. The van der Waals surface area contributed by atoms with Gasteiger partial charge in [0.25, 0.3) is 0 Å². The third kappa shape index (κ3) is 3.91. The number of esters is 1. The minimum absolute atomic E-state index is 0.180. The van der Waals surface area contributed by atoms with Gasteiger partial charge in [-0.3, -0.25) is 0 Å². The van der Waals surface area contributed by atoms with Gasteiger partial charge in [0.2, 0.25) is 5.29 Å². The Bertz CT molecular complexity index is 402. The Labute approximate surface area is 99.8 Å². The van der Waals surface area contributed by atoms with Gasteiger partial charge in [0.05, 0.1) is 6.61 Å². The zero-order chi connectivity index (χ0) is 12.7. The Hall–Kier alpha value is -1.26. The highest BCUT2D eigenvalue weighted by Gasteiger charge is 2.21. The number of rotatable bonds is 5. The van der Waals surface area contributed by atoms with Gasteiger partial charge in [-0.05, 0) is 12.1 Å². The predicted octanol–water partition coefficient (Wildman–Crippen LogP) is -1.23. The first kappa shape index (κ1) is 13.8. The third-order valence-electron chi connectivity index (χ3n) is 1.95. The molecule has 2 N–H and O–H groups in total. The Morgan fingerprint density at radius 2 is 1.94 bits per heavy atom. The van der Waals surface area contributed by atoms with Crippen LogP contribution in [0, 0.1) is 0 Å². The van der Waals surface area contributed by atoms with E-state index in [1.54, 1.807) is 30.3 Å². The first-order valence-electron chi connectivity index (χ1n) is 4.97. The molecule has 0 heterocycles. The van der Waals surface area contributed by atoms with Crippen LogP contribution in [0.15, 0.2) is 30.3 Å². The topological polar surface area (TPSA) is 89.8 Å². The average Bonchev–Trinajstić information content (AvgIpc) is 2.38. The first-order valence-corrected chi connectivity index (χ1v) is 6.23. The minimum Gasteiger partial charge on any atom is -0.625 e. The summed E-state index contributed by atoms with van der Waals surface area (Å²) in [4.78, 5) is 23.4. The van der Waals surface area contributed by atoms with Gasteiger partial charge in [-0.15, -0.1) is 0 Å². The van der Waals surface area contributed by atoms with Crippen LogP contribution in [0.25, 0.3) is 0 Å². The maximum Gasteiger partial charge on any atom is 0.379 e. The van der Waals surface area contributed by atoms with E-state index in [9.17, 15) is 9.69 Å². The molecule has 0 bridgehead atoms. The van der Waals surface area contributed by atoms with Gasteiger partial charge in [0.15, 0.2) is 0 Å². The summed E-state index contributed by atoms with van der Waals surface area (Å²) in [6.45, 7) is -1.12. The number of benzene rings is 1. The smallest absolute Gasteiger partial charge is 0.379 e. The van der Waals surface area contributed by atoms with Gasteiger partial charge in [-0.25, -0.2) is 4.79 Å². The van der Waals surface area contributed by atoms with E-state index in [1.807, 2.05) is 0 Å². The fourth-order valence-corrected chi connectivity index (χ4v) is 2.27. The molecule has 1 aromatic carbocycles. The number of aliphatic hydroxyl groups excluding tert-OH is 2. The fourth-order valence-electron chi connectivity index (χ4n) is 1.15. The zero-order valence-corrected chi connectivity index (χ0v) is 9.97. The van der Waals surface area contributed by atoms with E-state index in [4.69, 9.17) is 10.2 Å². The average molecular weight is 256 g/mol. The van der Waals surface area contributed by atoms with Crippen LogP contribution in [0.3, 0.4) is 0 Å². The van der Waals surface area contributed by atoms with Crippen molar-refractivity contribution in [2.45, 2.75) is 0 Å². The Morgan fingerprint density at radius 1 is 1.29 bits per heavy atom. The standard InChI is InChI=1S/C11H13O5P/c12-6-7-16-11(14)10(8-13)17(15)9-4-2-1-3-5-9/h1-5,12-13H,6-8H2. The van der Waals surface area contributed by atoms with Crippen LogP contribution >= 0.6 is 7.77 Å². The molecule has 0 aliphatic carbocycles. The van der Waals surface area contributed by atoms with Crippen molar-refractivity contribution in [2.75, 3.05) is 19.8 Å². The minimum atomic E-state index is -2.13. The highest BCUT2D eigenvalue weighted by atomic mass is 31.1. The van der Waals surface area contributed by atoms with E-state index in [0.717, 1.165) is 0 Å². The van der Waals surface area contributed by atoms with E-state index in [0.29, 0.717) is 5.30 Å². The number of hydrogen-bond donors (Lipinski definition) is 2. The molecule has 1 unspecified atom stereocenters. The second kappa shape index (κ2) is 7.14. The van der Waals surface area contributed by atoms with Crippen molar-refractivity contribution in [3.8, 4) is 0 Å². The molecule has 0 aromatic heterocycles. The molecule has 0 aliphatic rings. The molecule has 6 heteroatoms. The summed E-state index contributed by atoms with van der Waals surface area (Å²) in [5.41, 5.74) is 0. The van der Waals surface area contributed by atoms with Crippen LogP contribution < -0.4 is 10.2 Å². The third-order valence-corrected chi connectivity index (χ3v) is 3.53. The second-order valence-corrected chi connectivity index (χ2v) is 4.74. The van der Waals surface area contributed by atoms with Crippen LogP contribution in [0.1, 0.15) is 0 Å². The Balaban J connectivity index is 2.94. The molecule has 0 saturated heterocycles. The summed E-state index contributed by atoms with van der Waals surface area (Å²) in [5, 5.41) is 17.8. The molecule has 1 rings (SSSR count). The normalized spacial score (nSPS) is 11.9. The predicted molar refractivity (Wildman–Crippen MR) is 63.1 cm³/mol. The largest absolute Gasteiger partial charge is 0.625 e. The van der Waals surface area contributed by atoms with Crippen molar-refractivity contribution in [2.24, 2.45) is 0 Å². The second-order valence-electron chi connectivity index (χ2n) is 3.09. The van der Waals surface area contributed by atoms with Crippen molar-refractivity contribution >= 4 is 24.3 Å². The summed E-state index contributed by atoms with van der Waals surface area (Å²) in [5.74, 6) is -0.841. The lowest BCUT2D eigenvalue weighted by Gasteiger charge is -2.05. The Morgan fingerprint density at radius 3 is 2.47 bits per heavy atom. The SMILES string of the molecule is O=C(OCCO)C(CO)=[P+]([O-])c1ccccc1. The monoisotopic (exact) mass is 256 g/mol. The van der Waals surface area contributed by atoms with Crippen molar-refractivity contribution in [1.82, 2.24) is 0 Å². The van der Waals surface area contributed by atoms with Crippen LogP contribution in [-0.2, 0) is 9.53 Å². The van der Waals surface area contributed by atoms with Gasteiger partial charge in [0, 0.05) is 0 Å². The molecule has 0 fully saturated rings. The summed E-state index contributed by atoms with van der Waals surface area (Å²) < 4.78 is 4.62. The lowest BCUT2D eigenvalue weighted by molar-refractivity contribution is -0.150. The van der Waals surface area contributed by atoms with E-state index in [2.05, 4.69) is 4.74 Å². The molecular formula is C11H13O5P. The maximum atomic E-state index is 12.0.